The van der Waals surface area contributed by atoms with Crippen molar-refractivity contribution < 1.29 is 4.79 Å². The summed E-state index contributed by atoms with van der Waals surface area (Å²) in [5, 5.41) is 5.98. The summed E-state index contributed by atoms with van der Waals surface area (Å²) >= 11 is 0. The Morgan fingerprint density at radius 2 is 1.82 bits per heavy atom. The molecule has 1 aromatic carbocycles. The van der Waals surface area contributed by atoms with Crippen LogP contribution in [0.4, 0.5) is 0 Å². The van der Waals surface area contributed by atoms with Crippen LogP contribution in [0, 0.1) is 13.8 Å². The molecular weight excluding hydrogens is 212 g/mol. The van der Waals surface area contributed by atoms with Crippen LogP contribution >= 0.6 is 0 Å². The van der Waals surface area contributed by atoms with E-state index in [1.807, 2.05) is 0 Å². The number of hydrogen-bond acceptors (Lipinski definition) is 2. The van der Waals surface area contributed by atoms with Gasteiger partial charge in [-0.3, -0.25) is 4.79 Å². The van der Waals surface area contributed by atoms with Gasteiger partial charge in [0, 0.05) is 26.1 Å². The molecule has 0 saturated carbocycles. The molecule has 0 fully saturated rings. The van der Waals surface area contributed by atoms with Crippen molar-refractivity contribution >= 4 is 5.91 Å². The van der Waals surface area contributed by atoms with Crippen LogP contribution in [0.5, 0.6) is 0 Å². The van der Waals surface area contributed by atoms with Crippen molar-refractivity contribution in [2.45, 2.75) is 33.2 Å². The highest BCUT2D eigenvalue weighted by Crippen LogP contribution is 2.16. The Morgan fingerprint density at radius 3 is 2.35 bits per heavy atom. The van der Waals surface area contributed by atoms with Crippen LogP contribution in [0.25, 0.3) is 0 Å². The van der Waals surface area contributed by atoms with Crippen molar-refractivity contribution in [2.24, 2.45) is 0 Å². The molecule has 1 amide bonds. The van der Waals surface area contributed by atoms with E-state index in [0.29, 0.717) is 13.0 Å². The van der Waals surface area contributed by atoms with E-state index in [1.54, 1.807) is 7.05 Å². The number of rotatable bonds is 5. The molecule has 0 bridgehead atoms. The van der Waals surface area contributed by atoms with Gasteiger partial charge in [-0.05, 0) is 26.3 Å². The topological polar surface area (TPSA) is 41.1 Å². The minimum Gasteiger partial charge on any atom is -0.359 e. The van der Waals surface area contributed by atoms with E-state index in [9.17, 15) is 4.79 Å². The number of carbonyl (C=O) groups is 1. The Kier molecular flexibility index (Phi) is 5.16. The lowest BCUT2D eigenvalue weighted by molar-refractivity contribution is -0.120. The Bertz CT molecular complexity index is 368. The molecule has 0 aliphatic rings. The van der Waals surface area contributed by atoms with Gasteiger partial charge in [0.1, 0.15) is 0 Å². The van der Waals surface area contributed by atoms with E-state index in [-0.39, 0.29) is 11.9 Å². The van der Waals surface area contributed by atoms with Crippen LogP contribution in [-0.4, -0.2) is 19.5 Å². The van der Waals surface area contributed by atoms with E-state index < -0.39 is 0 Å². The summed E-state index contributed by atoms with van der Waals surface area (Å²) in [5.41, 5.74) is 3.83. The van der Waals surface area contributed by atoms with Gasteiger partial charge in [0.2, 0.25) is 5.91 Å². The fourth-order valence-electron chi connectivity index (χ4n) is 1.90. The molecule has 0 aliphatic carbocycles. The van der Waals surface area contributed by atoms with Crippen LogP contribution in [-0.2, 0) is 4.79 Å². The molecule has 1 rings (SSSR count). The first kappa shape index (κ1) is 13.7. The van der Waals surface area contributed by atoms with Crippen LogP contribution in [0.15, 0.2) is 18.2 Å². The molecule has 0 radical (unpaired) electrons. The summed E-state index contributed by atoms with van der Waals surface area (Å²) < 4.78 is 0. The summed E-state index contributed by atoms with van der Waals surface area (Å²) in [5.74, 6) is 0.0742. The van der Waals surface area contributed by atoms with Crippen LogP contribution < -0.4 is 10.6 Å². The summed E-state index contributed by atoms with van der Waals surface area (Å²) in [6.45, 7) is 7.04. The zero-order valence-electron chi connectivity index (χ0n) is 11.1. The highest BCUT2D eigenvalue weighted by Gasteiger charge is 2.06. The minimum atomic E-state index is 0.0742. The van der Waals surface area contributed by atoms with Gasteiger partial charge in [0.05, 0.1) is 0 Å². The van der Waals surface area contributed by atoms with Gasteiger partial charge >= 0.3 is 0 Å². The maximum Gasteiger partial charge on any atom is 0.221 e. The van der Waals surface area contributed by atoms with E-state index in [0.717, 1.165) is 0 Å². The van der Waals surface area contributed by atoms with Crippen molar-refractivity contribution in [3.8, 4) is 0 Å². The highest BCUT2D eigenvalue weighted by molar-refractivity contribution is 5.75. The van der Waals surface area contributed by atoms with Crippen LogP contribution in [0.3, 0.4) is 0 Å². The third kappa shape index (κ3) is 4.57. The summed E-state index contributed by atoms with van der Waals surface area (Å²) in [4.78, 5) is 11.1. The van der Waals surface area contributed by atoms with Gasteiger partial charge in [-0.2, -0.15) is 0 Å². The third-order valence-electron chi connectivity index (χ3n) is 2.83. The van der Waals surface area contributed by atoms with Crippen LogP contribution in [0.2, 0.25) is 0 Å². The molecule has 2 N–H and O–H groups in total. The first-order valence-electron chi connectivity index (χ1n) is 6.05. The summed E-state index contributed by atoms with van der Waals surface area (Å²) in [6.07, 6.45) is 0.519. The molecule has 0 heterocycles. The second-order valence-corrected chi connectivity index (χ2v) is 4.52. The molecule has 1 aromatic rings. The van der Waals surface area contributed by atoms with Gasteiger partial charge in [0.25, 0.3) is 0 Å². The fourth-order valence-corrected chi connectivity index (χ4v) is 1.90. The van der Waals surface area contributed by atoms with Crippen LogP contribution in [0.1, 0.15) is 36.1 Å². The zero-order valence-corrected chi connectivity index (χ0v) is 11.1. The first-order chi connectivity index (χ1) is 8.02. The molecule has 0 aromatic heterocycles. The van der Waals surface area contributed by atoms with E-state index >= 15 is 0 Å². The van der Waals surface area contributed by atoms with Gasteiger partial charge in [0.15, 0.2) is 0 Å². The SMILES string of the molecule is CNC(=O)CCNC(C)c1cc(C)cc(C)c1. The molecule has 0 aliphatic heterocycles. The lowest BCUT2D eigenvalue weighted by Crippen LogP contribution is -2.26. The first-order valence-corrected chi connectivity index (χ1v) is 6.05. The Morgan fingerprint density at radius 1 is 1.24 bits per heavy atom. The van der Waals surface area contributed by atoms with Gasteiger partial charge in [-0.1, -0.05) is 29.3 Å². The largest absolute Gasteiger partial charge is 0.359 e. The van der Waals surface area contributed by atoms with E-state index in [2.05, 4.69) is 49.6 Å². The van der Waals surface area contributed by atoms with Crippen molar-refractivity contribution in [1.29, 1.82) is 0 Å². The average molecular weight is 234 g/mol. The number of carbonyl (C=O) groups excluding carboxylic acids is 1. The number of aryl methyl sites for hydroxylation is 2. The molecule has 0 spiro atoms. The van der Waals surface area contributed by atoms with E-state index in [4.69, 9.17) is 0 Å². The minimum absolute atomic E-state index is 0.0742. The molecular formula is C14H22N2O. The van der Waals surface area contributed by atoms with Gasteiger partial charge in [-0.25, -0.2) is 0 Å². The summed E-state index contributed by atoms with van der Waals surface area (Å²) in [7, 11) is 1.66. The number of hydrogen-bond donors (Lipinski definition) is 2. The maximum atomic E-state index is 11.1. The highest BCUT2D eigenvalue weighted by atomic mass is 16.1. The monoisotopic (exact) mass is 234 g/mol. The molecule has 17 heavy (non-hydrogen) atoms. The average Bonchev–Trinajstić information content (AvgIpc) is 2.27. The van der Waals surface area contributed by atoms with Gasteiger partial charge in [-0.15, -0.1) is 0 Å². The zero-order chi connectivity index (χ0) is 12.8. The standard InChI is InChI=1S/C14H22N2O/c1-10-7-11(2)9-13(8-10)12(3)16-6-5-14(17)15-4/h7-9,12,16H,5-6H2,1-4H3,(H,15,17). The maximum absolute atomic E-state index is 11.1. The van der Waals surface area contributed by atoms with Crippen molar-refractivity contribution in [1.82, 2.24) is 10.6 Å². The van der Waals surface area contributed by atoms with Crippen molar-refractivity contribution in [2.75, 3.05) is 13.6 Å². The normalized spacial score (nSPS) is 12.2. The van der Waals surface area contributed by atoms with Gasteiger partial charge < -0.3 is 10.6 Å². The van der Waals surface area contributed by atoms with Crippen molar-refractivity contribution in [3.63, 3.8) is 0 Å². The second kappa shape index (κ2) is 6.40. The smallest absolute Gasteiger partial charge is 0.221 e. The number of benzene rings is 1. The second-order valence-electron chi connectivity index (χ2n) is 4.52. The molecule has 1 atom stereocenters. The summed E-state index contributed by atoms with van der Waals surface area (Å²) in [6, 6.07) is 6.81. The Hall–Kier alpha value is -1.35. The predicted molar refractivity (Wildman–Crippen MR) is 71.0 cm³/mol. The molecule has 94 valence electrons. The lowest BCUT2D eigenvalue weighted by Gasteiger charge is -2.15. The molecule has 3 nitrogen and oxygen atoms in total. The predicted octanol–water partition coefficient (Wildman–Crippen LogP) is 2.09. The quantitative estimate of drug-likeness (QED) is 0.819. The molecule has 3 heteroatoms. The van der Waals surface area contributed by atoms with Crippen molar-refractivity contribution in [3.05, 3.63) is 34.9 Å². The number of nitrogens with one attached hydrogen (secondary N) is 2. The number of amides is 1. The van der Waals surface area contributed by atoms with E-state index in [1.165, 1.54) is 16.7 Å². The lowest BCUT2D eigenvalue weighted by atomic mass is 10.0. The third-order valence-corrected chi connectivity index (χ3v) is 2.83. The fraction of sp³-hybridized carbons (Fsp3) is 0.500. The molecule has 1 unspecified atom stereocenters. The molecule has 0 saturated heterocycles. The Labute approximate surface area is 104 Å². The Balaban J connectivity index is 2.52.